The molecule has 114 valence electrons. The molecule has 4 nitrogen and oxygen atoms in total. The summed E-state index contributed by atoms with van der Waals surface area (Å²) in [7, 11) is 0. The smallest absolute Gasteiger partial charge is 0.222 e. The van der Waals surface area contributed by atoms with Gasteiger partial charge >= 0.3 is 0 Å². The van der Waals surface area contributed by atoms with Crippen LogP contribution in [0.5, 0.6) is 0 Å². The van der Waals surface area contributed by atoms with Crippen molar-refractivity contribution < 1.29 is 9.47 Å². The Bertz CT molecular complexity index is 633. The first-order valence-electron chi connectivity index (χ1n) is 7.83. The summed E-state index contributed by atoms with van der Waals surface area (Å²) in [5.41, 5.74) is 6.64. The largest absolute Gasteiger partial charge is 0.340 e. The maximum absolute atomic E-state index is 6.07. The van der Waals surface area contributed by atoms with Gasteiger partial charge < -0.3 is 14.5 Å². The molecule has 2 saturated heterocycles. The van der Waals surface area contributed by atoms with Gasteiger partial charge in [-0.3, -0.25) is 0 Å². The first kappa shape index (κ1) is 13.8. The van der Waals surface area contributed by atoms with Crippen LogP contribution >= 0.6 is 0 Å². The van der Waals surface area contributed by atoms with Crippen molar-refractivity contribution in [3.05, 3.63) is 65.7 Å². The van der Waals surface area contributed by atoms with Crippen LogP contribution < -0.4 is 10.4 Å². The molecule has 1 N–H and O–H groups in total. The number of hydrazine groups is 1. The van der Waals surface area contributed by atoms with E-state index >= 15 is 0 Å². The van der Waals surface area contributed by atoms with E-state index in [0.717, 1.165) is 29.9 Å². The fraction of sp³-hybridized carbons (Fsp3) is 0.333. The highest BCUT2D eigenvalue weighted by Gasteiger charge is 2.40. The Morgan fingerprint density at radius 2 is 1.68 bits per heavy atom. The zero-order valence-corrected chi connectivity index (χ0v) is 12.5. The molecule has 0 spiro atoms. The average Bonchev–Trinajstić information content (AvgIpc) is 3.28. The van der Waals surface area contributed by atoms with Crippen molar-refractivity contribution >= 4 is 5.69 Å². The fourth-order valence-corrected chi connectivity index (χ4v) is 3.20. The van der Waals surface area contributed by atoms with Crippen molar-refractivity contribution in [2.24, 2.45) is 0 Å². The van der Waals surface area contributed by atoms with Gasteiger partial charge in [-0.05, 0) is 18.6 Å². The molecule has 4 rings (SSSR count). The first-order valence-corrected chi connectivity index (χ1v) is 7.83. The Kier molecular flexibility index (Phi) is 3.58. The normalized spacial score (nSPS) is 20.5. The van der Waals surface area contributed by atoms with Crippen LogP contribution in [0.15, 0.2) is 54.6 Å². The van der Waals surface area contributed by atoms with E-state index in [9.17, 15) is 0 Å². The van der Waals surface area contributed by atoms with Crippen LogP contribution in [-0.2, 0) is 15.3 Å². The number of anilines is 1. The Balaban J connectivity index is 1.76. The van der Waals surface area contributed by atoms with Crippen LogP contribution in [0, 0.1) is 0 Å². The second kappa shape index (κ2) is 5.72. The summed E-state index contributed by atoms with van der Waals surface area (Å²) < 4.78 is 12.1. The quantitative estimate of drug-likeness (QED) is 0.944. The Morgan fingerprint density at radius 3 is 2.41 bits per heavy atom. The molecule has 0 atom stereocenters. The molecule has 2 fully saturated rings. The molecule has 0 aliphatic carbocycles. The molecule has 4 heteroatoms. The molecule has 2 heterocycles. The van der Waals surface area contributed by atoms with Crippen molar-refractivity contribution in [3.63, 3.8) is 0 Å². The molecule has 0 unspecified atom stereocenters. The lowest BCUT2D eigenvalue weighted by Crippen LogP contribution is -2.32. The van der Waals surface area contributed by atoms with Crippen molar-refractivity contribution in [2.45, 2.75) is 12.2 Å². The van der Waals surface area contributed by atoms with Gasteiger partial charge in [0.25, 0.3) is 0 Å². The van der Waals surface area contributed by atoms with Gasteiger partial charge in [0.05, 0.1) is 18.9 Å². The fourth-order valence-electron chi connectivity index (χ4n) is 3.20. The van der Waals surface area contributed by atoms with Gasteiger partial charge in [-0.1, -0.05) is 42.5 Å². The topological polar surface area (TPSA) is 33.7 Å². The molecule has 0 aromatic heterocycles. The second-order valence-electron chi connectivity index (χ2n) is 5.64. The molecule has 0 amide bonds. The molecule has 0 saturated carbocycles. The van der Waals surface area contributed by atoms with Crippen molar-refractivity contribution in [2.75, 3.05) is 31.3 Å². The van der Waals surface area contributed by atoms with E-state index < -0.39 is 5.79 Å². The highest BCUT2D eigenvalue weighted by Crippen LogP contribution is 2.39. The molecule has 22 heavy (non-hydrogen) atoms. The van der Waals surface area contributed by atoms with Crippen LogP contribution in [0.2, 0.25) is 0 Å². The van der Waals surface area contributed by atoms with Gasteiger partial charge in [0, 0.05) is 24.2 Å². The number of rotatable bonds is 3. The minimum atomic E-state index is -0.781. The molecule has 0 bridgehead atoms. The number of benzene rings is 2. The van der Waals surface area contributed by atoms with Gasteiger partial charge in [-0.2, -0.15) is 0 Å². The highest BCUT2D eigenvalue weighted by molar-refractivity contribution is 5.51. The van der Waals surface area contributed by atoms with Gasteiger partial charge in [0.15, 0.2) is 0 Å². The van der Waals surface area contributed by atoms with Gasteiger partial charge in [0.2, 0.25) is 5.79 Å². The van der Waals surface area contributed by atoms with Crippen LogP contribution in [0.1, 0.15) is 17.5 Å². The molecule has 2 aromatic rings. The van der Waals surface area contributed by atoms with Crippen LogP contribution in [0.3, 0.4) is 0 Å². The number of hydrogen-bond acceptors (Lipinski definition) is 4. The molecule has 2 aliphatic rings. The Morgan fingerprint density at radius 1 is 0.909 bits per heavy atom. The second-order valence-corrected chi connectivity index (χ2v) is 5.64. The maximum Gasteiger partial charge on any atom is 0.222 e. The van der Waals surface area contributed by atoms with E-state index in [0.29, 0.717) is 13.2 Å². The van der Waals surface area contributed by atoms with Crippen LogP contribution in [-0.4, -0.2) is 26.3 Å². The minimum Gasteiger partial charge on any atom is -0.340 e. The van der Waals surface area contributed by atoms with Crippen molar-refractivity contribution in [1.82, 2.24) is 5.43 Å². The molecular formula is C18H20N2O2. The van der Waals surface area contributed by atoms with Crippen LogP contribution in [0.4, 0.5) is 5.69 Å². The highest BCUT2D eigenvalue weighted by atomic mass is 16.7. The van der Waals surface area contributed by atoms with Crippen molar-refractivity contribution in [1.29, 1.82) is 0 Å². The van der Waals surface area contributed by atoms with E-state index in [2.05, 4.69) is 46.8 Å². The standard InChI is InChI=1S/C18H20N2O2/c1-2-6-15(7-3-1)18(21-12-13-22-18)16-8-4-9-17(14-16)20-11-5-10-19-20/h1-4,6-9,14,19H,5,10-13H2. The summed E-state index contributed by atoms with van der Waals surface area (Å²) in [6.45, 7) is 3.28. The zero-order valence-electron chi connectivity index (χ0n) is 12.5. The number of nitrogens with zero attached hydrogens (tertiary/aromatic N) is 1. The van der Waals surface area contributed by atoms with Gasteiger partial charge in [-0.15, -0.1) is 0 Å². The maximum atomic E-state index is 6.07. The SMILES string of the molecule is c1ccc(C2(c3cccc(N4CCCN4)c3)OCCO2)cc1. The summed E-state index contributed by atoms with van der Waals surface area (Å²) in [6, 6.07) is 18.6. The molecule has 2 aromatic carbocycles. The Labute approximate surface area is 130 Å². The predicted octanol–water partition coefficient (Wildman–Crippen LogP) is 2.65. The van der Waals surface area contributed by atoms with E-state index in [1.807, 2.05) is 18.2 Å². The molecule has 2 aliphatic heterocycles. The van der Waals surface area contributed by atoms with Gasteiger partial charge in [-0.25, -0.2) is 5.43 Å². The third-order valence-corrected chi connectivity index (χ3v) is 4.25. The minimum absolute atomic E-state index is 0.612. The first-order chi connectivity index (χ1) is 10.9. The van der Waals surface area contributed by atoms with E-state index in [-0.39, 0.29) is 0 Å². The third kappa shape index (κ3) is 2.29. The number of hydrogen-bond donors (Lipinski definition) is 1. The van der Waals surface area contributed by atoms with Gasteiger partial charge in [0.1, 0.15) is 0 Å². The Hall–Kier alpha value is -1.88. The average molecular weight is 296 g/mol. The summed E-state index contributed by atoms with van der Waals surface area (Å²) in [4.78, 5) is 0. The summed E-state index contributed by atoms with van der Waals surface area (Å²) in [5.74, 6) is -0.781. The lowest BCUT2D eigenvalue weighted by Gasteiger charge is -2.29. The van der Waals surface area contributed by atoms with Crippen molar-refractivity contribution in [3.8, 4) is 0 Å². The zero-order chi connectivity index (χ0) is 14.8. The van der Waals surface area contributed by atoms with E-state index in [1.165, 1.54) is 6.42 Å². The number of nitrogens with one attached hydrogen (secondary N) is 1. The summed E-state index contributed by atoms with van der Waals surface area (Å²) in [5, 5.41) is 2.19. The lowest BCUT2D eigenvalue weighted by atomic mass is 9.96. The van der Waals surface area contributed by atoms with E-state index in [1.54, 1.807) is 0 Å². The lowest BCUT2D eigenvalue weighted by molar-refractivity contribution is -0.129. The monoisotopic (exact) mass is 296 g/mol. The van der Waals surface area contributed by atoms with Crippen LogP contribution in [0.25, 0.3) is 0 Å². The third-order valence-electron chi connectivity index (χ3n) is 4.25. The van der Waals surface area contributed by atoms with E-state index in [4.69, 9.17) is 9.47 Å². The predicted molar refractivity (Wildman–Crippen MR) is 85.5 cm³/mol. The molecular weight excluding hydrogens is 276 g/mol. The summed E-state index contributed by atoms with van der Waals surface area (Å²) in [6.07, 6.45) is 1.17. The summed E-state index contributed by atoms with van der Waals surface area (Å²) >= 11 is 0. The molecule has 0 radical (unpaired) electrons. The number of ether oxygens (including phenoxy) is 2.